The Kier molecular flexibility index (Phi) is 1.13. The second-order valence-corrected chi connectivity index (χ2v) is 1.47. The number of carbonyl (C=O) groups is 1. The van der Waals surface area contributed by atoms with Crippen LogP contribution in [0.1, 0.15) is 11.7 Å². The summed E-state index contributed by atoms with van der Waals surface area (Å²) >= 11 is 0. The summed E-state index contributed by atoms with van der Waals surface area (Å²) in [6.45, 7) is 0. The van der Waals surface area contributed by atoms with Crippen molar-refractivity contribution in [2.45, 2.75) is 0 Å². The van der Waals surface area contributed by atoms with Crippen molar-refractivity contribution in [3.8, 4) is 0 Å². The van der Waals surface area contributed by atoms with Crippen LogP contribution in [0.15, 0.2) is 24.5 Å². The first-order valence-electron chi connectivity index (χ1n) is 2.86. The summed E-state index contributed by atoms with van der Waals surface area (Å²) < 4.78 is 7.01. The average molecular weight is 128 g/mol. The number of nitrogens with zero attached hydrogens (tertiary/aromatic N) is 1. The van der Waals surface area contributed by atoms with Gasteiger partial charge >= 0.3 is 5.97 Å². The van der Waals surface area contributed by atoms with Crippen LogP contribution in [0, 0.1) is 0 Å². The summed E-state index contributed by atoms with van der Waals surface area (Å²) in [5.74, 6) is -1.11. The van der Waals surface area contributed by atoms with E-state index in [2.05, 4.69) is 4.98 Å². The molecule has 3 heteroatoms. The Balaban J connectivity index is 3.15. The third kappa shape index (κ3) is 1.25. The van der Waals surface area contributed by atoms with E-state index in [4.69, 9.17) is 6.48 Å². The van der Waals surface area contributed by atoms with Crippen LogP contribution >= 0.6 is 0 Å². The van der Waals surface area contributed by atoms with Crippen LogP contribution in [0.5, 0.6) is 0 Å². The van der Waals surface area contributed by atoms with Crippen molar-refractivity contribution < 1.29 is 11.3 Å². The highest BCUT2D eigenvalue weighted by atomic mass is 16.5. The summed E-state index contributed by atoms with van der Waals surface area (Å²) in [6, 6.07) is 2.83. The lowest BCUT2D eigenvalue weighted by molar-refractivity contribution is 0.0696. The van der Waals surface area contributed by atoms with Crippen LogP contribution in [0.3, 0.4) is 0 Å². The first-order chi connectivity index (χ1) is 4.72. The van der Waals surface area contributed by atoms with E-state index in [9.17, 15) is 4.79 Å². The third-order valence-electron chi connectivity index (χ3n) is 0.839. The lowest BCUT2D eigenvalue weighted by atomic mass is 10.7. The molecule has 46 valence electrons. The number of hydrogen-bond acceptors (Lipinski definition) is 2. The molecule has 0 aromatic carbocycles. The fourth-order valence-electron chi connectivity index (χ4n) is 0.445. The summed E-state index contributed by atoms with van der Waals surface area (Å²) in [5.41, 5.74) is -0.0671. The Morgan fingerprint density at radius 1 is 1.89 bits per heavy atom. The Bertz CT molecular complexity index is 262. The zero-order chi connectivity index (χ0) is 7.56. The molecule has 9 heavy (non-hydrogen) atoms. The van der Waals surface area contributed by atoms with Crippen LogP contribution in [0.4, 0.5) is 0 Å². The highest BCUT2D eigenvalue weighted by molar-refractivity contribution is 5.86. The van der Waals surface area contributed by atoms with E-state index in [0.29, 0.717) is 0 Å². The minimum Gasteiger partial charge on any atom is -0.478 e. The second kappa shape index (κ2) is 2.26. The van der Waals surface area contributed by atoms with E-state index in [-0.39, 0.29) is 11.7 Å². The van der Waals surface area contributed by atoms with Crippen LogP contribution in [-0.4, -0.2) is 16.1 Å². The Morgan fingerprint density at radius 2 is 2.67 bits per heavy atom. The molecule has 0 aliphatic heterocycles. The lowest BCUT2D eigenvalue weighted by Gasteiger charge is -1.87. The van der Waals surface area contributed by atoms with Crippen molar-refractivity contribution in [3.05, 3.63) is 30.1 Å². The molecular formula is C6H5NO2. The van der Waals surface area contributed by atoms with Gasteiger partial charge in [-0.1, -0.05) is 0 Å². The van der Waals surface area contributed by atoms with E-state index in [1.807, 2.05) is 0 Å². The summed E-state index contributed by atoms with van der Waals surface area (Å²) in [4.78, 5) is 13.7. The molecule has 1 aromatic heterocycles. The fraction of sp³-hybridized carbons (Fsp3) is 0. The molecule has 0 bridgehead atoms. The van der Waals surface area contributed by atoms with E-state index in [1.165, 1.54) is 18.3 Å². The quantitative estimate of drug-likeness (QED) is 0.568. The summed E-state index contributed by atoms with van der Waals surface area (Å²) in [7, 11) is 0. The van der Waals surface area contributed by atoms with Gasteiger partial charge in [0.15, 0.2) is 0 Å². The number of aromatic nitrogens is 1. The topological polar surface area (TPSA) is 50.2 Å². The number of carboxylic acids is 1. The third-order valence-corrected chi connectivity index (χ3v) is 0.839. The SMILES string of the molecule is [2H][13c]1[15n]ccc[13c]1[13C](=O)O. The van der Waals surface area contributed by atoms with Crippen molar-refractivity contribution in [3.63, 3.8) is 0 Å². The van der Waals surface area contributed by atoms with Gasteiger partial charge in [0.25, 0.3) is 0 Å². The molecule has 1 rings (SSSR count). The van der Waals surface area contributed by atoms with Crippen molar-refractivity contribution in [2.24, 2.45) is 0 Å². The zero-order valence-corrected chi connectivity index (χ0v) is 4.53. The van der Waals surface area contributed by atoms with Crippen molar-refractivity contribution in [1.82, 2.24) is 4.98 Å². The van der Waals surface area contributed by atoms with Gasteiger partial charge in [-0.05, 0) is 12.1 Å². The second-order valence-electron chi connectivity index (χ2n) is 1.47. The van der Waals surface area contributed by atoms with Gasteiger partial charge < -0.3 is 5.11 Å². The molecule has 0 spiro atoms. The molecule has 0 saturated heterocycles. The lowest BCUT2D eigenvalue weighted by Crippen LogP contribution is -1.94. The average Bonchev–Trinajstić information content (AvgIpc) is 1.88. The fourth-order valence-corrected chi connectivity index (χ4v) is 0.445. The van der Waals surface area contributed by atoms with Gasteiger partial charge in [0.05, 0.1) is 6.93 Å². The van der Waals surface area contributed by atoms with Crippen LogP contribution in [0.2, 0.25) is 0 Å². The molecule has 0 radical (unpaired) electrons. The van der Waals surface area contributed by atoms with Crippen LogP contribution in [-0.2, 0) is 0 Å². The number of carboxylic acid groups (broad SMARTS) is 1. The van der Waals surface area contributed by atoms with Crippen molar-refractivity contribution >= 4 is 5.97 Å². The molecule has 1 heterocycles. The molecule has 0 unspecified atom stereocenters. The minimum atomic E-state index is -1.11. The number of pyridine rings is 1. The Labute approximate surface area is 53.4 Å². The highest BCUT2D eigenvalue weighted by Gasteiger charge is 1.97. The summed E-state index contributed by atoms with van der Waals surface area (Å²) in [5, 5.41) is 8.41. The predicted molar refractivity (Wildman–Crippen MR) is 31.2 cm³/mol. The molecule has 0 aliphatic carbocycles. The van der Waals surface area contributed by atoms with Crippen molar-refractivity contribution in [2.75, 3.05) is 0 Å². The standard InChI is InChI=1S/C6H5NO2/c8-6(9)5-2-1-3-7-4-5/h1-4H,(H,8,9)/i4+1D,5+1,6+1,7+1. The smallest absolute Gasteiger partial charge is 0.337 e. The van der Waals surface area contributed by atoms with Gasteiger partial charge in [0.2, 0.25) is 0 Å². The normalized spacial score (nSPS) is 10.4. The van der Waals surface area contributed by atoms with Gasteiger partial charge in [-0.2, -0.15) is 0 Å². The molecule has 1 aromatic rings. The zero-order valence-electron chi connectivity index (χ0n) is 5.53. The number of rotatable bonds is 1. The van der Waals surface area contributed by atoms with Gasteiger partial charge in [-0.25, -0.2) is 4.79 Å². The van der Waals surface area contributed by atoms with Gasteiger partial charge in [-0.3, -0.25) is 4.98 Å². The first kappa shape index (κ1) is 4.49. The minimum absolute atomic E-state index is 0.0671. The maximum Gasteiger partial charge on any atom is 0.337 e. The molecule has 0 saturated carbocycles. The van der Waals surface area contributed by atoms with E-state index < -0.39 is 5.97 Å². The van der Waals surface area contributed by atoms with E-state index in [0.717, 1.165) is 0 Å². The maximum absolute atomic E-state index is 10.3. The first-order valence-corrected chi connectivity index (χ1v) is 2.36. The Morgan fingerprint density at radius 3 is 3.11 bits per heavy atom. The molecule has 3 nitrogen and oxygen atoms in total. The number of aromatic carboxylic acids is 1. The van der Waals surface area contributed by atoms with Gasteiger partial charge in [0.1, 0.15) is 0 Å². The van der Waals surface area contributed by atoms with Crippen molar-refractivity contribution in [1.29, 1.82) is 0 Å². The van der Waals surface area contributed by atoms with E-state index >= 15 is 0 Å². The van der Waals surface area contributed by atoms with E-state index in [1.54, 1.807) is 0 Å². The van der Waals surface area contributed by atoms with Gasteiger partial charge in [-0.15, -0.1) is 0 Å². The summed E-state index contributed by atoms with van der Waals surface area (Å²) in [6.07, 6.45) is 1.18. The highest BCUT2D eigenvalue weighted by Crippen LogP contribution is 1.92. The van der Waals surface area contributed by atoms with Gasteiger partial charge in [0, 0.05) is 12.4 Å². The molecular weight excluding hydrogens is 122 g/mol. The largest absolute Gasteiger partial charge is 0.478 e. The Hall–Kier alpha value is -1.38. The molecule has 0 amide bonds. The molecule has 0 fully saturated rings. The molecule has 0 aliphatic rings. The molecule has 1 N–H and O–H groups in total. The predicted octanol–water partition coefficient (Wildman–Crippen LogP) is 0.780. The maximum atomic E-state index is 10.3. The monoisotopic (exact) mass is 128 g/mol. The molecule has 0 atom stereocenters. The van der Waals surface area contributed by atoms with Crippen LogP contribution < -0.4 is 0 Å². The van der Waals surface area contributed by atoms with Crippen LogP contribution in [0.25, 0.3) is 0 Å². The number of hydrogen-bond donors (Lipinski definition) is 1.